The maximum Gasteiger partial charge on any atom is 0.288 e. The van der Waals surface area contributed by atoms with Crippen molar-refractivity contribution in [1.29, 1.82) is 0 Å². The van der Waals surface area contributed by atoms with Gasteiger partial charge in [-0.05, 0) is 46.3 Å². The Morgan fingerprint density at radius 2 is 1.95 bits per heavy atom. The van der Waals surface area contributed by atoms with Crippen LogP contribution < -0.4 is 5.32 Å². The SMILES string of the molecule is O=C(Nc1ccccc1SC(F)F)c1ccc(Br)c(O)c1. The molecule has 0 bridgehead atoms. The van der Waals surface area contributed by atoms with Crippen LogP contribution in [0.25, 0.3) is 0 Å². The Bertz CT molecular complexity index is 667. The maximum absolute atomic E-state index is 12.5. The van der Waals surface area contributed by atoms with E-state index in [9.17, 15) is 18.7 Å². The number of phenols is 1. The lowest BCUT2D eigenvalue weighted by atomic mass is 10.2. The number of phenolic OH excluding ortho intramolecular Hbond substituents is 1. The summed E-state index contributed by atoms with van der Waals surface area (Å²) in [4.78, 5) is 12.4. The van der Waals surface area contributed by atoms with Crippen LogP contribution in [0.5, 0.6) is 5.75 Å². The average Bonchev–Trinajstić information content (AvgIpc) is 2.43. The molecule has 0 aliphatic heterocycles. The molecule has 3 nitrogen and oxygen atoms in total. The Morgan fingerprint density at radius 1 is 1.24 bits per heavy atom. The normalized spacial score (nSPS) is 10.7. The predicted molar refractivity (Wildman–Crippen MR) is 82.1 cm³/mol. The molecule has 7 heteroatoms. The smallest absolute Gasteiger partial charge is 0.288 e. The Labute approximate surface area is 132 Å². The lowest BCUT2D eigenvalue weighted by molar-refractivity contribution is 0.102. The van der Waals surface area contributed by atoms with E-state index in [-0.39, 0.29) is 16.2 Å². The molecule has 0 spiro atoms. The summed E-state index contributed by atoms with van der Waals surface area (Å²) in [5.41, 5.74) is 0.530. The molecule has 0 aromatic heterocycles. The first kappa shape index (κ1) is 15.8. The van der Waals surface area contributed by atoms with Gasteiger partial charge in [0.1, 0.15) is 5.75 Å². The summed E-state index contributed by atoms with van der Waals surface area (Å²) in [6.07, 6.45) is 0. The first-order chi connectivity index (χ1) is 9.97. The molecule has 110 valence electrons. The van der Waals surface area contributed by atoms with E-state index in [0.717, 1.165) is 0 Å². The molecule has 2 aromatic rings. The highest BCUT2D eigenvalue weighted by molar-refractivity contribution is 9.10. The fraction of sp³-hybridized carbons (Fsp3) is 0.0714. The van der Waals surface area contributed by atoms with Gasteiger partial charge in [-0.3, -0.25) is 4.79 Å². The number of carbonyl (C=O) groups is 1. The number of amides is 1. The van der Waals surface area contributed by atoms with Crippen LogP contribution in [-0.2, 0) is 0 Å². The summed E-state index contributed by atoms with van der Waals surface area (Å²) >= 11 is 3.48. The summed E-state index contributed by atoms with van der Waals surface area (Å²) in [6.45, 7) is 0. The minimum absolute atomic E-state index is 0.0714. The van der Waals surface area contributed by atoms with Crippen LogP contribution in [0.2, 0.25) is 0 Å². The zero-order chi connectivity index (χ0) is 15.4. The standard InChI is InChI=1S/C14H10BrF2NO2S/c15-9-6-5-8(7-11(9)19)13(20)18-10-3-1-2-4-12(10)21-14(16)17/h1-7,14,19H,(H,18,20). The minimum atomic E-state index is -2.57. The topological polar surface area (TPSA) is 49.3 Å². The van der Waals surface area contributed by atoms with Crippen molar-refractivity contribution in [2.45, 2.75) is 10.7 Å². The number of hydrogen-bond donors (Lipinski definition) is 2. The van der Waals surface area contributed by atoms with Gasteiger partial charge in [0, 0.05) is 10.5 Å². The van der Waals surface area contributed by atoms with Crippen LogP contribution in [0.4, 0.5) is 14.5 Å². The van der Waals surface area contributed by atoms with Crippen LogP contribution in [0.3, 0.4) is 0 Å². The van der Waals surface area contributed by atoms with E-state index in [4.69, 9.17) is 0 Å². The molecule has 2 N–H and O–H groups in total. The summed E-state index contributed by atoms with van der Waals surface area (Å²) in [5.74, 6) is -3.13. The van der Waals surface area contributed by atoms with Crippen LogP contribution in [-0.4, -0.2) is 16.8 Å². The second kappa shape index (κ2) is 6.91. The lowest BCUT2D eigenvalue weighted by Crippen LogP contribution is -2.12. The third-order valence-electron chi connectivity index (χ3n) is 2.56. The second-order valence-electron chi connectivity index (χ2n) is 3.99. The van der Waals surface area contributed by atoms with E-state index in [1.54, 1.807) is 18.2 Å². The zero-order valence-electron chi connectivity index (χ0n) is 10.5. The molecule has 0 aliphatic carbocycles. The molecule has 0 aliphatic rings. The number of para-hydroxylation sites is 1. The van der Waals surface area contributed by atoms with Gasteiger partial charge in [0.2, 0.25) is 0 Å². The number of benzene rings is 2. The molecule has 0 fully saturated rings. The number of rotatable bonds is 4. The van der Waals surface area contributed by atoms with E-state index in [1.807, 2.05) is 0 Å². The Hall–Kier alpha value is -1.60. The third kappa shape index (κ3) is 4.18. The Balaban J connectivity index is 2.21. The molecule has 0 unspecified atom stereocenters. The molecule has 2 aromatic carbocycles. The van der Waals surface area contributed by atoms with Crippen LogP contribution in [0.1, 0.15) is 10.4 Å². The molecule has 0 radical (unpaired) electrons. The van der Waals surface area contributed by atoms with E-state index in [1.165, 1.54) is 24.3 Å². The van der Waals surface area contributed by atoms with Gasteiger partial charge in [-0.1, -0.05) is 23.9 Å². The highest BCUT2D eigenvalue weighted by Crippen LogP contribution is 2.32. The van der Waals surface area contributed by atoms with Crippen molar-refractivity contribution in [2.24, 2.45) is 0 Å². The number of aromatic hydroxyl groups is 1. The van der Waals surface area contributed by atoms with Gasteiger partial charge in [-0.15, -0.1) is 0 Å². The van der Waals surface area contributed by atoms with Crippen LogP contribution in [0.15, 0.2) is 51.8 Å². The molecule has 2 rings (SSSR count). The van der Waals surface area contributed by atoms with Gasteiger partial charge in [-0.2, -0.15) is 8.78 Å². The first-order valence-electron chi connectivity index (χ1n) is 5.81. The third-order valence-corrected chi connectivity index (χ3v) is 4.02. The molecule has 0 atom stereocenters. The van der Waals surface area contributed by atoms with Crippen LogP contribution >= 0.6 is 27.7 Å². The van der Waals surface area contributed by atoms with E-state index < -0.39 is 11.7 Å². The van der Waals surface area contributed by atoms with Crippen molar-refractivity contribution >= 4 is 39.3 Å². The molecular weight excluding hydrogens is 364 g/mol. The average molecular weight is 374 g/mol. The summed E-state index contributed by atoms with van der Waals surface area (Å²) < 4.78 is 25.4. The van der Waals surface area contributed by atoms with Crippen molar-refractivity contribution in [3.05, 3.63) is 52.5 Å². The van der Waals surface area contributed by atoms with E-state index in [2.05, 4.69) is 21.2 Å². The van der Waals surface area contributed by atoms with Gasteiger partial charge >= 0.3 is 0 Å². The number of hydrogen-bond acceptors (Lipinski definition) is 3. The van der Waals surface area contributed by atoms with E-state index in [0.29, 0.717) is 21.9 Å². The van der Waals surface area contributed by atoms with Crippen molar-refractivity contribution in [1.82, 2.24) is 0 Å². The number of nitrogens with one attached hydrogen (secondary N) is 1. The lowest BCUT2D eigenvalue weighted by Gasteiger charge is -2.10. The highest BCUT2D eigenvalue weighted by atomic mass is 79.9. The number of thioether (sulfide) groups is 1. The number of halogens is 3. The zero-order valence-corrected chi connectivity index (χ0v) is 12.9. The van der Waals surface area contributed by atoms with Gasteiger partial charge < -0.3 is 10.4 Å². The maximum atomic E-state index is 12.5. The van der Waals surface area contributed by atoms with Gasteiger partial charge in [0.25, 0.3) is 11.7 Å². The molecular formula is C14H10BrF2NO2S. The number of anilines is 1. The molecule has 21 heavy (non-hydrogen) atoms. The van der Waals surface area contributed by atoms with Crippen molar-refractivity contribution < 1.29 is 18.7 Å². The minimum Gasteiger partial charge on any atom is -0.507 e. The van der Waals surface area contributed by atoms with Gasteiger partial charge in [-0.25, -0.2) is 0 Å². The first-order valence-corrected chi connectivity index (χ1v) is 7.48. The largest absolute Gasteiger partial charge is 0.507 e. The van der Waals surface area contributed by atoms with Crippen LogP contribution in [0, 0.1) is 0 Å². The second-order valence-corrected chi connectivity index (χ2v) is 5.88. The van der Waals surface area contributed by atoms with Crippen molar-refractivity contribution in [2.75, 3.05) is 5.32 Å². The Kier molecular flexibility index (Phi) is 5.19. The molecule has 0 saturated carbocycles. The number of carbonyl (C=O) groups excluding carboxylic acids is 1. The fourth-order valence-corrected chi connectivity index (χ4v) is 2.46. The molecule has 1 amide bonds. The number of alkyl halides is 2. The van der Waals surface area contributed by atoms with E-state index >= 15 is 0 Å². The van der Waals surface area contributed by atoms with Crippen molar-refractivity contribution in [3.63, 3.8) is 0 Å². The summed E-state index contributed by atoms with van der Waals surface area (Å²) in [7, 11) is 0. The quantitative estimate of drug-likeness (QED) is 0.762. The van der Waals surface area contributed by atoms with Gasteiger partial charge in [0.05, 0.1) is 10.2 Å². The van der Waals surface area contributed by atoms with Crippen molar-refractivity contribution in [3.8, 4) is 5.75 Å². The highest BCUT2D eigenvalue weighted by Gasteiger charge is 2.13. The summed E-state index contributed by atoms with van der Waals surface area (Å²) in [5, 5.41) is 12.1. The summed E-state index contributed by atoms with van der Waals surface area (Å²) in [6, 6.07) is 10.6. The fourth-order valence-electron chi connectivity index (χ4n) is 1.62. The monoisotopic (exact) mass is 373 g/mol. The Morgan fingerprint density at radius 3 is 2.62 bits per heavy atom. The van der Waals surface area contributed by atoms with Gasteiger partial charge in [0.15, 0.2) is 0 Å². The molecule has 0 saturated heterocycles. The molecule has 0 heterocycles. The predicted octanol–water partition coefficient (Wildman–Crippen LogP) is 4.72.